The number of nitrogens with one attached hydrogen (secondary N) is 1. The van der Waals surface area contributed by atoms with Gasteiger partial charge in [-0.05, 0) is 25.2 Å². The molecule has 0 spiro atoms. The fraction of sp³-hybridized carbons (Fsp3) is 0.714. The van der Waals surface area contributed by atoms with Gasteiger partial charge in [0.2, 0.25) is 5.13 Å². The lowest BCUT2D eigenvalue weighted by molar-refractivity contribution is -0.149. The zero-order valence-electron chi connectivity index (χ0n) is 12.5. The third kappa shape index (κ3) is 2.55. The predicted molar refractivity (Wildman–Crippen MR) is 81.9 cm³/mol. The van der Waals surface area contributed by atoms with Crippen LogP contribution in [0, 0.1) is 11.3 Å². The molecule has 1 saturated carbocycles. The number of likely N-dealkylation sites (tertiary alicyclic amines) is 1. The smallest absolute Gasteiger partial charge is 0.323 e. The number of amides is 2. The maximum atomic E-state index is 12.3. The van der Waals surface area contributed by atoms with Crippen LogP contribution < -0.4 is 5.32 Å². The van der Waals surface area contributed by atoms with E-state index < -0.39 is 11.4 Å². The number of urea groups is 1. The van der Waals surface area contributed by atoms with Gasteiger partial charge in [0, 0.05) is 19.5 Å². The van der Waals surface area contributed by atoms with Crippen LogP contribution in [-0.2, 0) is 11.2 Å². The van der Waals surface area contributed by atoms with E-state index in [9.17, 15) is 14.7 Å². The van der Waals surface area contributed by atoms with Gasteiger partial charge in [-0.1, -0.05) is 24.7 Å². The monoisotopic (exact) mass is 324 g/mol. The first-order chi connectivity index (χ1) is 10.5. The Morgan fingerprint density at radius 1 is 1.50 bits per heavy atom. The van der Waals surface area contributed by atoms with E-state index in [0.717, 1.165) is 30.7 Å². The second-order valence-electron chi connectivity index (χ2n) is 6.11. The molecule has 22 heavy (non-hydrogen) atoms. The molecule has 8 heteroatoms. The lowest BCUT2D eigenvalue weighted by Crippen LogP contribution is -2.38. The number of carbonyl (C=O) groups excluding carboxylic acids is 1. The van der Waals surface area contributed by atoms with Crippen LogP contribution in [0.1, 0.15) is 37.6 Å². The zero-order chi connectivity index (χ0) is 15.7. The van der Waals surface area contributed by atoms with E-state index in [0.29, 0.717) is 24.6 Å². The van der Waals surface area contributed by atoms with Crippen LogP contribution in [0.25, 0.3) is 0 Å². The van der Waals surface area contributed by atoms with Crippen molar-refractivity contribution in [3.05, 3.63) is 5.01 Å². The van der Waals surface area contributed by atoms with E-state index in [-0.39, 0.29) is 11.9 Å². The van der Waals surface area contributed by atoms with Crippen LogP contribution >= 0.6 is 11.3 Å². The minimum atomic E-state index is -0.772. The Kier molecular flexibility index (Phi) is 4.03. The Morgan fingerprint density at radius 3 is 3.00 bits per heavy atom. The van der Waals surface area contributed by atoms with E-state index in [2.05, 4.69) is 22.4 Å². The van der Waals surface area contributed by atoms with Gasteiger partial charge in [0.25, 0.3) is 0 Å². The first-order valence-electron chi connectivity index (χ1n) is 7.67. The third-order valence-corrected chi connectivity index (χ3v) is 5.63. The van der Waals surface area contributed by atoms with Crippen molar-refractivity contribution in [3.63, 3.8) is 0 Å². The second kappa shape index (κ2) is 5.83. The molecule has 1 aromatic heterocycles. The van der Waals surface area contributed by atoms with Crippen LogP contribution in [0.4, 0.5) is 9.93 Å². The number of hydrogen-bond donors (Lipinski definition) is 2. The average molecular weight is 324 g/mol. The van der Waals surface area contributed by atoms with Crippen molar-refractivity contribution in [2.24, 2.45) is 11.3 Å². The third-order valence-electron chi connectivity index (χ3n) is 4.73. The molecule has 2 fully saturated rings. The number of aliphatic carboxylic acids is 1. The number of nitrogens with zero attached hydrogens (tertiary/aromatic N) is 3. The second-order valence-corrected chi connectivity index (χ2v) is 7.17. The van der Waals surface area contributed by atoms with Crippen molar-refractivity contribution in [3.8, 4) is 0 Å². The first-order valence-corrected chi connectivity index (χ1v) is 8.48. The summed E-state index contributed by atoms with van der Waals surface area (Å²) in [6, 6.07) is -0.269. The highest BCUT2D eigenvalue weighted by Crippen LogP contribution is 2.48. The highest BCUT2D eigenvalue weighted by Gasteiger charge is 2.55. The average Bonchev–Trinajstić information content (AvgIpc) is 3.12. The van der Waals surface area contributed by atoms with Crippen LogP contribution in [0.15, 0.2) is 0 Å². The van der Waals surface area contributed by atoms with Crippen molar-refractivity contribution in [1.29, 1.82) is 0 Å². The summed E-state index contributed by atoms with van der Waals surface area (Å²) in [4.78, 5) is 25.6. The molecular weight excluding hydrogens is 304 g/mol. The molecule has 2 aliphatic rings. The molecule has 0 radical (unpaired) electrons. The van der Waals surface area contributed by atoms with Crippen LogP contribution in [-0.4, -0.2) is 45.3 Å². The number of rotatable bonds is 4. The van der Waals surface area contributed by atoms with Crippen molar-refractivity contribution in [2.75, 3.05) is 18.4 Å². The summed E-state index contributed by atoms with van der Waals surface area (Å²) in [7, 11) is 0. The van der Waals surface area contributed by atoms with Gasteiger partial charge in [-0.25, -0.2) is 4.79 Å². The summed E-state index contributed by atoms with van der Waals surface area (Å²) < 4.78 is 0. The van der Waals surface area contributed by atoms with Crippen molar-refractivity contribution in [2.45, 2.75) is 39.0 Å². The molecule has 7 nitrogen and oxygen atoms in total. The van der Waals surface area contributed by atoms with Crippen molar-refractivity contribution < 1.29 is 14.7 Å². The minimum absolute atomic E-state index is 0.0702. The highest BCUT2D eigenvalue weighted by molar-refractivity contribution is 7.15. The summed E-state index contributed by atoms with van der Waals surface area (Å²) in [6.07, 6.45) is 4.31. The molecule has 2 heterocycles. The van der Waals surface area contributed by atoms with E-state index >= 15 is 0 Å². The Hall–Kier alpha value is -1.70. The van der Waals surface area contributed by atoms with Crippen LogP contribution in [0.5, 0.6) is 0 Å². The zero-order valence-corrected chi connectivity index (χ0v) is 13.4. The number of carbonyl (C=O) groups is 2. The molecule has 0 bridgehead atoms. The Morgan fingerprint density at radius 2 is 2.32 bits per heavy atom. The predicted octanol–water partition coefficient (Wildman–Crippen LogP) is 2.21. The normalized spacial score (nSPS) is 27.0. The summed E-state index contributed by atoms with van der Waals surface area (Å²) in [5.74, 6) is -0.702. The van der Waals surface area contributed by atoms with Gasteiger partial charge in [-0.2, -0.15) is 0 Å². The molecule has 3 rings (SSSR count). The number of carboxylic acid groups (broad SMARTS) is 1. The molecule has 2 N–H and O–H groups in total. The van der Waals surface area contributed by atoms with Crippen molar-refractivity contribution in [1.82, 2.24) is 15.1 Å². The highest BCUT2D eigenvalue weighted by atomic mass is 32.1. The fourth-order valence-electron chi connectivity index (χ4n) is 3.58. The van der Waals surface area contributed by atoms with Gasteiger partial charge in [0.15, 0.2) is 0 Å². The summed E-state index contributed by atoms with van der Waals surface area (Å²) in [5.41, 5.74) is -0.744. The Balaban J connectivity index is 1.65. The summed E-state index contributed by atoms with van der Waals surface area (Å²) in [5, 5.41) is 21.7. The maximum Gasteiger partial charge on any atom is 0.323 e. The number of anilines is 1. The first kappa shape index (κ1) is 15.2. The molecule has 2 atom stereocenters. The topological polar surface area (TPSA) is 95.4 Å². The van der Waals surface area contributed by atoms with Gasteiger partial charge >= 0.3 is 12.0 Å². The number of carboxylic acids is 1. The van der Waals surface area contributed by atoms with E-state index in [4.69, 9.17) is 0 Å². The Bertz CT molecular complexity index is 590. The lowest BCUT2D eigenvalue weighted by atomic mass is 9.81. The molecule has 1 aliphatic heterocycles. The molecule has 0 aromatic carbocycles. The molecule has 120 valence electrons. The standard InChI is InChI=1S/C14H20N4O3S/c1-2-4-10-16-17-12(22-10)15-13(21)18-7-9-5-3-6-14(9,8-18)11(19)20/h9H,2-8H2,1H3,(H,19,20)(H,15,17,21)/t9-,14+/m0/s1. The Labute approximate surface area is 132 Å². The van der Waals surface area contributed by atoms with Crippen molar-refractivity contribution >= 4 is 28.5 Å². The summed E-state index contributed by atoms with van der Waals surface area (Å²) >= 11 is 1.37. The summed E-state index contributed by atoms with van der Waals surface area (Å²) in [6.45, 7) is 2.87. The van der Waals surface area contributed by atoms with Gasteiger partial charge in [-0.3, -0.25) is 10.1 Å². The number of aromatic nitrogens is 2. The lowest BCUT2D eigenvalue weighted by Gasteiger charge is -2.23. The van der Waals surface area contributed by atoms with Crippen LogP contribution in [0.3, 0.4) is 0 Å². The van der Waals surface area contributed by atoms with Gasteiger partial charge in [0.1, 0.15) is 5.01 Å². The molecule has 1 aliphatic carbocycles. The van der Waals surface area contributed by atoms with E-state index in [1.807, 2.05) is 0 Å². The van der Waals surface area contributed by atoms with Gasteiger partial charge < -0.3 is 10.0 Å². The van der Waals surface area contributed by atoms with Gasteiger partial charge in [-0.15, -0.1) is 10.2 Å². The van der Waals surface area contributed by atoms with E-state index in [1.165, 1.54) is 11.3 Å². The SMILES string of the molecule is CCCc1nnc(NC(=O)N2C[C@@H]3CCC[C@@]3(C(=O)O)C2)s1. The minimum Gasteiger partial charge on any atom is -0.481 e. The number of hydrogen-bond acceptors (Lipinski definition) is 5. The van der Waals surface area contributed by atoms with E-state index in [1.54, 1.807) is 4.90 Å². The fourth-order valence-corrected chi connectivity index (χ4v) is 4.41. The quantitative estimate of drug-likeness (QED) is 0.885. The number of fused-ring (bicyclic) bond motifs is 1. The largest absolute Gasteiger partial charge is 0.481 e. The van der Waals surface area contributed by atoms with Crippen LogP contribution in [0.2, 0.25) is 0 Å². The molecule has 1 saturated heterocycles. The maximum absolute atomic E-state index is 12.3. The molecule has 1 aromatic rings. The molecule has 2 amide bonds. The van der Waals surface area contributed by atoms with Gasteiger partial charge in [0.05, 0.1) is 5.41 Å². The molecular formula is C14H20N4O3S. The number of aryl methyl sites for hydroxylation is 1. The molecule has 0 unspecified atom stereocenters.